The monoisotopic (exact) mass is 314 g/mol. The Labute approximate surface area is 126 Å². The fraction of sp³-hybridized carbons (Fsp3) is 0.500. The van der Waals surface area contributed by atoms with Gasteiger partial charge in [0.15, 0.2) is 0 Å². The van der Waals surface area contributed by atoms with Crippen molar-refractivity contribution in [2.75, 3.05) is 20.7 Å². The van der Waals surface area contributed by atoms with E-state index in [0.717, 1.165) is 15.4 Å². The Morgan fingerprint density at radius 2 is 1.90 bits per heavy atom. The third-order valence-corrected chi connectivity index (χ3v) is 4.83. The number of methoxy groups -OCH3 is 1. The van der Waals surface area contributed by atoms with E-state index in [1.165, 1.54) is 14.2 Å². The van der Waals surface area contributed by atoms with Gasteiger partial charge < -0.3 is 4.74 Å². The summed E-state index contributed by atoms with van der Waals surface area (Å²) in [5.74, 6) is -0.441. The van der Waals surface area contributed by atoms with E-state index in [1.54, 1.807) is 6.92 Å². The molecule has 1 atom stereocenters. The van der Waals surface area contributed by atoms with Crippen LogP contribution in [-0.2, 0) is 19.7 Å². The van der Waals surface area contributed by atoms with Crippen molar-refractivity contribution in [3.63, 3.8) is 0 Å². The Morgan fingerprint density at radius 1 is 1.33 bits per heavy atom. The van der Waals surface area contributed by atoms with E-state index in [2.05, 4.69) is 9.46 Å². The van der Waals surface area contributed by atoms with Crippen LogP contribution in [0.5, 0.6) is 0 Å². The number of nitrogens with one attached hydrogen (secondary N) is 1. The van der Waals surface area contributed by atoms with E-state index >= 15 is 0 Å². The van der Waals surface area contributed by atoms with Gasteiger partial charge in [0.25, 0.3) is 10.2 Å². The third kappa shape index (κ3) is 5.45. The number of hydrogen-bond acceptors (Lipinski definition) is 4. The molecule has 21 heavy (non-hydrogen) atoms. The number of carbonyl (C=O) groups excluding carboxylic acids is 1. The van der Waals surface area contributed by atoms with Gasteiger partial charge in [-0.1, -0.05) is 29.8 Å². The minimum Gasteiger partial charge on any atom is -0.469 e. The first-order valence-electron chi connectivity index (χ1n) is 6.63. The molecular formula is C14H22N2O4S. The van der Waals surface area contributed by atoms with Gasteiger partial charge in [-0.15, -0.1) is 0 Å². The second-order valence-electron chi connectivity index (χ2n) is 4.90. The van der Waals surface area contributed by atoms with Gasteiger partial charge in [-0.25, -0.2) is 0 Å². The molecule has 6 nitrogen and oxygen atoms in total. The number of esters is 1. The van der Waals surface area contributed by atoms with Crippen LogP contribution in [0.1, 0.15) is 30.5 Å². The average molecular weight is 314 g/mol. The van der Waals surface area contributed by atoms with Crippen molar-refractivity contribution in [2.24, 2.45) is 0 Å². The molecule has 118 valence electrons. The van der Waals surface area contributed by atoms with Gasteiger partial charge >= 0.3 is 5.97 Å². The lowest BCUT2D eigenvalue weighted by atomic mass is 10.1. The zero-order chi connectivity index (χ0) is 16.0. The highest BCUT2D eigenvalue weighted by Crippen LogP contribution is 2.15. The predicted molar refractivity (Wildman–Crippen MR) is 80.9 cm³/mol. The van der Waals surface area contributed by atoms with Crippen LogP contribution in [-0.4, -0.2) is 39.4 Å². The predicted octanol–water partition coefficient (Wildman–Crippen LogP) is 1.39. The highest BCUT2D eigenvalue weighted by molar-refractivity contribution is 7.87. The summed E-state index contributed by atoms with van der Waals surface area (Å²) < 4.78 is 32.5. The number of benzene rings is 1. The fourth-order valence-electron chi connectivity index (χ4n) is 1.71. The molecule has 0 spiro atoms. The van der Waals surface area contributed by atoms with Crippen molar-refractivity contribution in [3.8, 4) is 0 Å². The Hall–Kier alpha value is -1.44. The van der Waals surface area contributed by atoms with E-state index in [4.69, 9.17) is 0 Å². The normalized spacial score (nSPS) is 13.2. The van der Waals surface area contributed by atoms with Crippen LogP contribution >= 0.6 is 0 Å². The van der Waals surface area contributed by atoms with Gasteiger partial charge in [0, 0.05) is 19.6 Å². The molecule has 1 rings (SSSR count). The van der Waals surface area contributed by atoms with Gasteiger partial charge in [0.1, 0.15) is 0 Å². The SMILES string of the molecule is COC(=O)CCN(C)S(=O)(=O)N[C@H](C)c1ccc(C)cc1. The molecule has 0 saturated heterocycles. The van der Waals surface area contributed by atoms with Crippen LogP contribution < -0.4 is 4.72 Å². The number of aryl methyl sites for hydroxylation is 1. The molecule has 1 N–H and O–H groups in total. The second kappa shape index (κ2) is 7.53. The lowest BCUT2D eigenvalue weighted by molar-refractivity contribution is -0.140. The maximum atomic E-state index is 12.1. The summed E-state index contributed by atoms with van der Waals surface area (Å²) in [5.41, 5.74) is 1.99. The topological polar surface area (TPSA) is 75.7 Å². The lowest BCUT2D eigenvalue weighted by Gasteiger charge is -2.21. The summed E-state index contributed by atoms with van der Waals surface area (Å²) in [6, 6.07) is 7.28. The highest BCUT2D eigenvalue weighted by Gasteiger charge is 2.21. The van der Waals surface area contributed by atoms with Gasteiger partial charge in [-0.05, 0) is 19.4 Å². The maximum absolute atomic E-state index is 12.1. The molecule has 0 amide bonds. The van der Waals surface area contributed by atoms with Crippen LogP contribution in [0.25, 0.3) is 0 Å². The molecule has 0 aliphatic rings. The summed E-state index contributed by atoms with van der Waals surface area (Å²) in [6.45, 7) is 3.82. The molecule has 0 fully saturated rings. The van der Waals surface area contributed by atoms with Crippen molar-refractivity contribution in [3.05, 3.63) is 35.4 Å². The van der Waals surface area contributed by atoms with Gasteiger partial charge in [-0.2, -0.15) is 17.4 Å². The molecule has 0 saturated carbocycles. The maximum Gasteiger partial charge on any atom is 0.306 e. The molecular weight excluding hydrogens is 292 g/mol. The molecule has 1 aromatic carbocycles. The smallest absolute Gasteiger partial charge is 0.306 e. The minimum atomic E-state index is -3.65. The standard InChI is InChI=1S/C14H22N2O4S/c1-11-5-7-13(8-6-11)12(2)15-21(18,19)16(3)10-9-14(17)20-4/h5-8,12,15H,9-10H2,1-4H3/t12-/m1/s1. The highest BCUT2D eigenvalue weighted by atomic mass is 32.2. The van der Waals surface area contributed by atoms with Crippen LogP contribution in [0, 0.1) is 6.92 Å². The van der Waals surface area contributed by atoms with Gasteiger partial charge in [0.05, 0.1) is 13.5 Å². The van der Waals surface area contributed by atoms with E-state index in [1.807, 2.05) is 31.2 Å². The van der Waals surface area contributed by atoms with Crippen molar-refractivity contribution in [1.29, 1.82) is 0 Å². The molecule has 0 aromatic heterocycles. The summed E-state index contributed by atoms with van der Waals surface area (Å²) in [5, 5.41) is 0. The molecule has 0 aliphatic carbocycles. The van der Waals surface area contributed by atoms with Gasteiger partial charge in [0.2, 0.25) is 0 Å². The zero-order valence-electron chi connectivity index (χ0n) is 12.8. The Bertz CT molecular complexity index is 569. The number of ether oxygens (including phenoxy) is 1. The zero-order valence-corrected chi connectivity index (χ0v) is 13.6. The Morgan fingerprint density at radius 3 is 2.43 bits per heavy atom. The molecule has 1 aromatic rings. The van der Waals surface area contributed by atoms with E-state index < -0.39 is 16.2 Å². The number of rotatable bonds is 7. The molecule has 7 heteroatoms. The molecule has 0 heterocycles. The van der Waals surface area contributed by atoms with E-state index in [-0.39, 0.29) is 19.0 Å². The van der Waals surface area contributed by atoms with Crippen LogP contribution in [0.15, 0.2) is 24.3 Å². The van der Waals surface area contributed by atoms with Gasteiger partial charge in [-0.3, -0.25) is 4.79 Å². The minimum absolute atomic E-state index is 0.0207. The first-order valence-corrected chi connectivity index (χ1v) is 8.07. The van der Waals surface area contributed by atoms with Crippen LogP contribution in [0.3, 0.4) is 0 Å². The fourth-order valence-corrected chi connectivity index (χ4v) is 2.80. The first-order chi connectivity index (χ1) is 9.76. The van der Waals surface area contributed by atoms with E-state index in [0.29, 0.717) is 0 Å². The van der Waals surface area contributed by atoms with Crippen molar-refractivity contribution < 1.29 is 17.9 Å². The average Bonchev–Trinajstić information content (AvgIpc) is 2.44. The summed E-state index contributed by atoms with van der Waals surface area (Å²) in [7, 11) is -0.950. The van der Waals surface area contributed by atoms with Crippen molar-refractivity contribution in [2.45, 2.75) is 26.3 Å². The Balaban J connectivity index is 2.66. The quantitative estimate of drug-likeness (QED) is 0.772. The molecule has 0 radical (unpaired) electrons. The molecule has 0 unspecified atom stereocenters. The number of hydrogen-bond donors (Lipinski definition) is 1. The summed E-state index contributed by atoms with van der Waals surface area (Å²) >= 11 is 0. The second-order valence-corrected chi connectivity index (χ2v) is 6.71. The van der Waals surface area contributed by atoms with Crippen molar-refractivity contribution in [1.82, 2.24) is 9.03 Å². The first kappa shape index (κ1) is 17.6. The van der Waals surface area contributed by atoms with E-state index in [9.17, 15) is 13.2 Å². The summed E-state index contributed by atoms with van der Waals surface area (Å²) in [6.07, 6.45) is 0.0207. The summed E-state index contributed by atoms with van der Waals surface area (Å²) in [4.78, 5) is 11.1. The number of nitrogens with zero attached hydrogens (tertiary/aromatic N) is 1. The van der Waals surface area contributed by atoms with Crippen molar-refractivity contribution >= 4 is 16.2 Å². The largest absolute Gasteiger partial charge is 0.469 e. The molecule has 0 bridgehead atoms. The van der Waals surface area contributed by atoms with Crippen LogP contribution in [0.2, 0.25) is 0 Å². The molecule has 0 aliphatic heterocycles. The third-order valence-electron chi connectivity index (χ3n) is 3.17. The lowest BCUT2D eigenvalue weighted by Crippen LogP contribution is -2.40. The van der Waals surface area contributed by atoms with Crippen LogP contribution in [0.4, 0.5) is 0 Å². The Kier molecular flexibility index (Phi) is 6.32. The number of carbonyl (C=O) groups is 1.